The van der Waals surface area contributed by atoms with E-state index in [1.54, 1.807) is 13.0 Å². The monoisotopic (exact) mass is 379 g/mol. The van der Waals surface area contributed by atoms with E-state index in [1.807, 2.05) is 6.92 Å². The van der Waals surface area contributed by atoms with E-state index in [0.29, 0.717) is 36.2 Å². The van der Waals surface area contributed by atoms with Gasteiger partial charge in [0.2, 0.25) is 10.0 Å². The van der Waals surface area contributed by atoms with Gasteiger partial charge in [-0.2, -0.15) is 0 Å². The molecule has 0 bridgehead atoms. The van der Waals surface area contributed by atoms with Crippen LogP contribution in [0, 0.1) is 6.92 Å². The molecule has 0 amide bonds. The second-order valence-corrected chi connectivity index (χ2v) is 7.28. The molecular formula is C14H22BrNO4S. The van der Waals surface area contributed by atoms with Crippen LogP contribution in [0.2, 0.25) is 0 Å². The van der Waals surface area contributed by atoms with E-state index in [2.05, 4.69) is 20.7 Å². The van der Waals surface area contributed by atoms with Gasteiger partial charge in [-0.3, -0.25) is 0 Å². The Morgan fingerprint density at radius 2 is 2.05 bits per heavy atom. The lowest BCUT2D eigenvalue weighted by Crippen LogP contribution is -2.26. The molecule has 0 saturated carbocycles. The van der Waals surface area contributed by atoms with Crippen LogP contribution in [0.15, 0.2) is 21.5 Å². The molecule has 1 aromatic carbocycles. The van der Waals surface area contributed by atoms with Gasteiger partial charge < -0.3 is 9.84 Å². The SMILES string of the molecule is CCCOCCCNS(=O)(=O)c1cc(CO)cc(C)c1Br. The van der Waals surface area contributed by atoms with Gasteiger partial charge in [0.25, 0.3) is 0 Å². The zero-order valence-corrected chi connectivity index (χ0v) is 14.8. The third-order valence-corrected chi connectivity index (χ3v) is 5.66. The molecule has 0 aliphatic rings. The fraction of sp³-hybridized carbons (Fsp3) is 0.571. The number of rotatable bonds is 9. The first-order chi connectivity index (χ1) is 9.92. The van der Waals surface area contributed by atoms with Crippen LogP contribution in [0.4, 0.5) is 0 Å². The van der Waals surface area contributed by atoms with Crippen LogP contribution in [0.3, 0.4) is 0 Å². The summed E-state index contributed by atoms with van der Waals surface area (Å²) in [4.78, 5) is 0.154. The molecule has 0 aliphatic carbocycles. The van der Waals surface area contributed by atoms with E-state index in [9.17, 15) is 13.5 Å². The molecule has 120 valence electrons. The summed E-state index contributed by atoms with van der Waals surface area (Å²) in [6, 6.07) is 3.23. The highest BCUT2D eigenvalue weighted by molar-refractivity contribution is 9.10. The molecule has 1 aromatic rings. The average molecular weight is 380 g/mol. The molecule has 21 heavy (non-hydrogen) atoms. The van der Waals surface area contributed by atoms with Crippen molar-refractivity contribution in [1.82, 2.24) is 4.72 Å². The van der Waals surface area contributed by atoms with Gasteiger partial charge in [0.05, 0.1) is 11.5 Å². The molecular weight excluding hydrogens is 358 g/mol. The molecule has 0 saturated heterocycles. The van der Waals surface area contributed by atoms with E-state index >= 15 is 0 Å². The van der Waals surface area contributed by atoms with Crippen LogP contribution in [-0.4, -0.2) is 33.3 Å². The number of hydrogen-bond acceptors (Lipinski definition) is 4. The predicted molar refractivity (Wildman–Crippen MR) is 85.7 cm³/mol. The third-order valence-electron chi connectivity index (χ3n) is 2.86. The van der Waals surface area contributed by atoms with Gasteiger partial charge in [0.1, 0.15) is 0 Å². The minimum atomic E-state index is -3.60. The van der Waals surface area contributed by atoms with Gasteiger partial charge in [-0.1, -0.05) is 13.0 Å². The quantitative estimate of drug-likeness (QED) is 0.645. The summed E-state index contributed by atoms with van der Waals surface area (Å²) in [6.45, 7) is 5.17. The minimum absolute atomic E-state index is 0.154. The Kier molecular flexibility index (Phi) is 7.83. The molecule has 2 N–H and O–H groups in total. The molecule has 0 spiro atoms. The lowest BCUT2D eigenvalue weighted by molar-refractivity contribution is 0.133. The van der Waals surface area contributed by atoms with Gasteiger partial charge in [-0.15, -0.1) is 0 Å². The van der Waals surface area contributed by atoms with E-state index in [-0.39, 0.29) is 11.5 Å². The lowest BCUT2D eigenvalue weighted by Gasteiger charge is -2.12. The van der Waals surface area contributed by atoms with Crippen molar-refractivity contribution in [3.8, 4) is 0 Å². The number of aryl methyl sites for hydroxylation is 1. The highest BCUT2D eigenvalue weighted by Crippen LogP contribution is 2.27. The number of nitrogens with one attached hydrogen (secondary N) is 1. The number of halogens is 1. The molecule has 5 nitrogen and oxygen atoms in total. The van der Waals surface area contributed by atoms with E-state index in [0.717, 1.165) is 12.0 Å². The van der Waals surface area contributed by atoms with E-state index < -0.39 is 10.0 Å². The number of aliphatic hydroxyl groups is 1. The summed E-state index contributed by atoms with van der Waals surface area (Å²) in [5, 5.41) is 9.19. The smallest absolute Gasteiger partial charge is 0.241 e. The molecule has 1 rings (SSSR count). The summed E-state index contributed by atoms with van der Waals surface area (Å²) in [5.74, 6) is 0. The van der Waals surface area contributed by atoms with Gasteiger partial charge >= 0.3 is 0 Å². The zero-order valence-electron chi connectivity index (χ0n) is 12.4. The van der Waals surface area contributed by atoms with Crippen molar-refractivity contribution in [3.05, 3.63) is 27.7 Å². The molecule has 0 atom stereocenters. The number of ether oxygens (including phenoxy) is 1. The third kappa shape index (κ3) is 5.67. The van der Waals surface area contributed by atoms with Crippen molar-refractivity contribution in [3.63, 3.8) is 0 Å². The standard InChI is InChI=1S/C14H22BrNO4S/c1-3-6-20-7-4-5-16-21(18,19)13-9-12(10-17)8-11(2)14(13)15/h8-9,16-17H,3-7,10H2,1-2H3. The first kappa shape index (κ1) is 18.6. The Balaban J connectivity index is 2.72. The van der Waals surface area contributed by atoms with E-state index in [4.69, 9.17) is 4.74 Å². The van der Waals surface area contributed by atoms with Gasteiger partial charge in [0.15, 0.2) is 0 Å². The molecule has 0 heterocycles. The van der Waals surface area contributed by atoms with Crippen molar-refractivity contribution in [2.45, 2.75) is 38.2 Å². The number of aliphatic hydroxyl groups excluding tert-OH is 1. The van der Waals surface area contributed by atoms with Crippen LogP contribution in [0.5, 0.6) is 0 Å². The number of benzene rings is 1. The maximum absolute atomic E-state index is 12.3. The highest BCUT2D eigenvalue weighted by atomic mass is 79.9. The zero-order chi connectivity index (χ0) is 15.9. The Labute approximate surface area is 134 Å². The minimum Gasteiger partial charge on any atom is -0.392 e. The van der Waals surface area contributed by atoms with E-state index in [1.165, 1.54) is 6.07 Å². The van der Waals surface area contributed by atoms with Crippen molar-refractivity contribution in [2.75, 3.05) is 19.8 Å². The van der Waals surface area contributed by atoms with Crippen LogP contribution in [-0.2, 0) is 21.4 Å². The Bertz CT molecular complexity index is 560. The second-order valence-electron chi connectivity index (χ2n) is 4.75. The fourth-order valence-electron chi connectivity index (χ4n) is 1.80. The predicted octanol–water partition coefficient (Wildman–Crippen LogP) is 2.34. The largest absolute Gasteiger partial charge is 0.392 e. The first-order valence-corrected chi connectivity index (χ1v) is 9.17. The molecule has 0 unspecified atom stereocenters. The number of hydrogen-bond donors (Lipinski definition) is 2. The van der Waals surface area contributed by atoms with Crippen LogP contribution in [0.25, 0.3) is 0 Å². The van der Waals surface area contributed by atoms with Crippen LogP contribution >= 0.6 is 15.9 Å². The maximum atomic E-state index is 12.3. The number of sulfonamides is 1. The summed E-state index contributed by atoms with van der Waals surface area (Å²) in [6.07, 6.45) is 1.57. The summed E-state index contributed by atoms with van der Waals surface area (Å²) in [7, 11) is -3.60. The Hall–Kier alpha value is -0.470. The molecule has 0 aromatic heterocycles. The summed E-state index contributed by atoms with van der Waals surface area (Å²) in [5.41, 5.74) is 1.34. The normalized spacial score (nSPS) is 11.8. The van der Waals surface area contributed by atoms with Gasteiger partial charge in [-0.25, -0.2) is 13.1 Å². The molecule has 7 heteroatoms. The molecule has 0 fully saturated rings. The van der Waals surface area contributed by atoms with Crippen molar-refractivity contribution in [2.24, 2.45) is 0 Å². The topological polar surface area (TPSA) is 75.6 Å². The fourth-order valence-corrected chi connectivity index (χ4v) is 3.94. The van der Waals surface area contributed by atoms with Gasteiger partial charge in [-0.05, 0) is 52.9 Å². The van der Waals surface area contributed by atoms with Crippen molar-refractivity contribution < 1.29 is 18.3 Å². The van der Waals surface area contributed by atoms with Crippen LogP contribution in [0.1, 0.15) is 30.9 Å². The second kappa shape index (κ2) is 8.85. The lowest BCUT2D eigenvalue weighted by atomic mass is 10.1. The Morgan fingerprint density at radius 3 is 2.67 bits per heavy atom. The first-order valence-electron chi connectivity index (χ1n) is 6.89. The molecule has 0 aliphatic heterocycles. The summed E-state index contributed by atoms with van der Waals surface area (Å²) < 4.78 is 33.0. The maximum Gasteiger partial charge on any atom is 0.241 e. The van der Waals surface area contributed by atoms with Crippen molar-refractivity contribution >= 4 is 26.0 Å². The van der Waals surface area contributed by atoms with Crippen LogP contribution < -0.4 is 4.72 Å². The van der Waals surface area contributed by atoms with Crippen molar-refractivity contribution in [1.29, 1.82) is 0 Å². The highest BCUT2D eigenvalue weighted by Gasteiger charge is 2.19. The van der Waals surface area contributed by atoms with Gasteiger partial charge in [0, 0.05) is 24.2 Å². The Morgan fingerprint density at radius 1 is 1.33 bits per heavy atom. The summed E-state index contributed by atoms with van der Waals surface area (Å²) >= 11 is 3.30. The average Bonchev–Trinajstić information content (AvgIpc) is 2.45. The molecule has 0 radical (unpaired) electrons.